The van der Waals surface area contributed by atoms with Gasteiger partial charge in [0.25, 0.3) is 0 Å². The van der Waals surface area contributed by atoms with Crippen molar-refractivity contribution in [3.63, 3.8) is 0 Å². The molecule has 0 spiro atoms. The van der Waals surface area contributed by atoms with Crippen molar-refractivity contribution in [2.45, 2.75) is 50.5 Å². The average molecular weight is 537 g/mol. The number of hydrogen-bond acceptors (Lipinski definition) is 4. The molecule has 0 aliphatic carbocycles. The number of aliphatic hydroxyl groups is 1. The molecule has 1 saturated heterocycles. The first-order valence-electron chi connectivity index (χ1n) is 13.0. The van der Waals surface area contributed by atoms with Crippen molar-refractivity contribution in [3.05, 3.63) is 64.6 Å². The second-order valence-corrected chi connectivity index (χ2v) is 10.9. The molecular formula is C28H33F5N4O. The predicted octanol–water partition coefficient (Wildman–Crippen LogP) is 5.10. The van der Waals surface area contributed by atoms with Gasteiger partial charge in [-0.05, 0) is 62.6 Å². The molecule has 3 N–H and O–H groups in total. The van der Waals surface area contributed by atoms with E-state index in [1.165, 1.54) is 31.2 Å². The van der Waals surface area contributed by atoms with E-state index >= 15 is 13.2 Å². The molecule has 38 heavy (non-hydrogen) atoms. The van der Waals surface area contributed by atoms with E-state index in [1.54, 1.807) is 11.0 Å². The molecule has 0 saturated carbocycles. The summed E-state index contributed by atoms with van der Waals surface area (Å²) in [5.74, 6) is -2.02. The van der Waals surface area contributed by atoms with Crippen LogP contribution in [0.2, 0.25) is 0 Å². The summed E-state index contributed by atoms with van der Waals surface area (Å²) in [5.41, 5.74) is -0.156. The maximum absolute atomic E-state index is 15.8. The number of aliphatic hydroxyl groups excluding tert-OH is 1. The number of rotatable bonds is 9. The lowest BCUT2D eigenvalue weighted by molar-refractivity contribution is 0.0162. The van der Waals surface area contributed by atoms with Crippen LogP contribution in [0.15, 0.2) is 30.3 Å². The molecule has 3 atom stereocenters. The normalized spacial score (nSPS) is 22.3. The van der Waals surface area contributed by atoms with Crippen molar-refractivity contribution >= 4 is 16.6 Å². The van der Waals surface area contributed by atoms with Crippen LogP contribution >= 0.6 is 0 Å². The third-order valence-electron chi connectivity index (χ3n) is 7.70. The van der Waals surface area contributed by atoms with Crippen LogP contribution in [0.5, 0.6) is 0 Å². The summed E-state index contributed by atoms with van der Waals surface area (Å²) in [6, 6.07) is 5.46. The zero-order chi connectivity index (χ0) is 27.2. The first-order valence-corrected chi connectivity index (χ1v) is 13.0. The number of likely N-dealkylation sites (tertiary alicyclic amines) is 1. The van der Waals surface area contributed by atoms with E-state index in [-0.39, 0.29) is 30.9 Å². The lowest BCUT2D eigenvalue weighted by atomic mass is 9.87. The number of aromatic amines is 1. The van der Waals surface area contributed by atoms with Gasteiger partial charge >= 0.3 is 0 Å². The van der Waals surface area contributed by atoms with Gasteiger partial charge in [0.05, 0.1) is 25.4 Å². The minimum Gasteiger partial charge on any atom is -0.393 e. The smallest absolute Gasteiger partial charge is 0.143 e. The summed E-state index contributed by atoms with van der Waals surface area (Å²) in [6.45, 7) is 3.68. The van der Waals surface area contributed by atoms with Gasteiger partial charge < -0.3 is 15.4 Å². The molecule has 5 rings (SSSR count). The maximum Gasteiger partial charge on any atom is 0.143 e. The van der Waals surface area contributed by atoms with E-state index < -0.39 is 35.8 Å². The number of nitrogens with one attached hydrogen (secondary N) is 2. The highest BCUT2D eigenvalue weighted by Crippen LogP contribution is 2.43. The van der Waals surface area contributed by atoms with Crippen LogP contribution in [-0.4, -0.2) is 77.1 Å². The van der Waals surface area contributed by atoms with Gasteiger partial charge in [-0.25, -0.2) is 17.6 Å². The monoisotopic (exact) mass is 536 g/mol. The molecular weight excluding hydrogens is 503 g/mol. The number of H-pyrrole nitrogens is 1. The molecule has 2 aromatic carbocycles. The van der Waals surface area contributed by atoms with Gasteiger partial charge in [-0.15, -0.1) is 0 Å². The minimum absolute atomic E-state index is 0.00234. The molecule has 0 radical (unpaired) electrons. The molecule has 1 unspecified atom stereocenters. The molecule has 3 heterocycles. The molecule has 5 nitrogen and oxygen atoms in total. The highest BCUT2D eigenvalue weighted by molar-refractivity contribution is 5.85. The topological polar surface area (TPSA) is 54.5 Å². The van der Waals surface area contributed by atoms with E-state index in [2.05, 4.69) is 15.2 Å². The quantitative estimate of drug-likeness (QED) is 0.333. The maximum atomic E-state index is 15.8. The Morgan fingerprint density at radius 1 is 1.13 bits per heavy atom. The van der Waals surface area contributed by atoms with Gasteiger partial charge in [-0.2, -0.15) is 0 Å². The summed E-state index contributed by atoms with van der Waals surface area (Å²) in [7, 11) is 0. The van der Waals surface area contributed by atoms with E-state index in [4.69, 9.17) is 0 Å². The molecule has 0 bridgehead atoms. The highest BCUT2D eigenvalue weighted by Gasteiger charge is 2.42. The third-order valence-corrected chi connectivity index (χ3v) is 7.70. The summed E-state index contributed by atoms with van der Waals surface area (Å²) in [5, 5.41) is 13.5. The molecule has 2 aliphatic rings. The van der Waals surface area contributed by atoms with Crippen molar-refractivity contribution in [2.75, 3.05) is 44.8 Å². The zero-order valence-electron chi connectivity index (χ0n) is 21.5. The van der Waals surface area contributed by atoms with Crippen molar-refractivity contribution in [3.8, 4) is 0 Å². The standard InChI is InChI=1S/C28H33F5N4O/c1-16-8-21-20-5-4-17(30)9-24(20)35-26(21)27(37(16)14-28(2,33)15-38)25-22(31)10-18(11-23(25)32)34-19-12-36(13-19)7-3-6-29/h4-5,9-11,16,19,27,34-35,38H,3,6-8,12-15H2,1-2H3/t16-,27-,28?/m1/s1. The van der Waals surface area contributed by atoms with Crippen molar-refractivity contribution < 1.29 is 27.1 Å². The van der Waals surface area contributed by atoms with Crippen molar-refractivity contribution in [1.82, 2.24) is 14.8 Å². The zero-order valence-corrected chi connectivity index (χ0v) is 21.5. The number of hydrogen-bond donors (Lipinski definition) is 3. The Labute approximate surface area is 218 Å². The lowest BCUT2D eigenvalue weighted by Crippen LogP contribution is -2.54. The van der Waals surface area contributed by atoms with Gasteiger partial charge in [0.2, 0.25) is 0 Å². The number of benzene rings is 2. The number of aromatic nitrogens is 1. The highest BCUT2D eigenvalue weighted by atomic mass is 19.2. The Hall–Kier alpha value is -2.69. The van der Waals surface area contributed by atoms with Crippen LogP contribution in [0.25, 0.3) is 10.9 Å². The van der Waals surface area contributed by atoms with E-state index in [0.29, 0.717) is 49.4 Å². The van der Waals surface area contributed by atoms with Crippen LogP contribution in [0.4, 0.5) is 27.6 Å². The lowest BCUT2D eigenvalue weighted by Gasteiger charge is -2.43. The number of anilines is 1. The molecule has 3 aromatic rings. The molecule has 2 aliphatic heterocycles. The van der Waals surface area contributed by atoms with E-state index in [0.717, 1.165) is 10.9 Å². The molecule has 206 valence electrons. The first-order chi connectivity index (χ1) is 18.1. The SMILES string of the molecule is C[C@@H]1Cc2c([nH]c3cc(F)ccc23)[C@@H](c2c(F)cc(NC3CN(CCCF)C3)cc2F)N1CC(C)(F)CO. The first kappa shape index (κ1) is 26.9. The largest absolute Gasteiger partial charge is 0.393 e. The Morgan fingerprint density at radius 3 is 2.50 bits per heavy atom. The fourth-order valence-electron chi connectivity index (χ4n) is 5.81. The summed E-state index contributed by atoms with van der Waals surface area (Å²) in [6.07, 6.45) is 0.917. The van der Waals surface area contributed by atoms with Gasteiger partial charge in [-0.3, -0.25) is 14.2 Å². The Kier molecular flexibility index (Phi) is 7.41. The Balaban J connectivity index is 1.52. The summed E-state index contributed by atoms with van der Waals surface area (Å²) < 4.78 is 73.0. The van der Waals surface area contributed by atoms with Crippen LogP contribution in [0.1, 0.15) is 43.1 Å². The number of fused-ring (bicyclic) bond motifs is 3. The number of nitrogens with zero attached hydrogens (tertiary/aromatic N) is 2. The molecule has 0 amide bonds. The summed E-state index contributed by atoms with van der Waals surface area (Å²) >= 11 is 0. The van der Waals surface area contributed by atoms with Gasteiger partial charge in [0.15, 0.2) is 0 Å². The summed E-state index contributed by atoms with van der Waals surface area (Å²) in [4.78, 5) is 6.88. The Morgan fingerprint density at radius 2 is 1.84 bits per heavy atom. The molecule has 1 fully saturated rings. The van der Waals surface area contributed by atoms with Crippen LogP contribution < -0.4 is 5.32 Å². The number of halogens is 5. The average Bonchev–Trinajstić information content (AvgIpc) is 3.18. The van der Waals surface area contributed by atoms with Gasteiger partial charge in [0, 0.05) is 60.1 Å². The second kappa shape index (κ2) is 10.5. The number of alkyl halides is 2. The molecule has 1 aromatic heterocycles. The van der Waals surface area contributed by atoms with E-state index in [9.17, 15) is 13.9 Å². The van der Waals surface area contributed by atoms with Crippen molar-refractivity contribution in [1.29, 1.82) is 0 Å². The second-order valence-electron chi connectivity index (χ2n) is 10.9. The molecule has 10 heteroatoms. The van der Waals surface area contributed by atoms with E-state index in [1.807, 2.05) is 6.92 Å². The fourth-order valence-corrected chi connectivity index (χ4v) is 5.81. The van der Waals surface area contributed by atoms with Gasteiger partial charge in [-0.1, -0.05) is 0 Å². The van der Waals surface area contributed by atoms with Crippen molar-refractivity contribution in [2.24, 2.45) is 0 Å². The Bertz CT molecular complexity index is 1280. The van der Waals surface area contributed by atoms with Crippen LogP contribution in [0, 0.1) is 17.5 Å². The van der Waals surface area contributed by atoms with Crippen LogP contribution in [0.3, 0.4) is 0 Å². The van der Waals surface area contributed by atoms with Crippen LogP contribution in [-0.2, 0) is 6.42 Å². The van der Waals surface area contributed by atoms with Gasteiger partial charge in [0.1, 0.15) is 23.1 Å². The third kappa shape index (κ3) is 5.13. The minimum atomic E-state index is -2.01. The fraction of sp³-hybridized carbons (Fsp3) is 0.500. The predicted molar refractivity (Wildman–Crippen MR) is 137 cm³/mol.